The zero-order valence-electron chi connectivity index (χ0n) is 14.2. The Morgan fingerprint density at radius 3 is 1.90 bits per heavy atom. The van der Waals surface area contributed by atoms with E-state index < -0.39 is 46.1 Å². The minimum absolute atomic E-state index is 0.242. The second-order valence-electron chi connectivity index (χ2n) is 5.23. The molecule has 0 aliphatic heterocycles. The number of alkyl halides is 3. The van der Waals surface area contributed by atoms with E-state index in [0.29, 0.717) is 13.4 Å². The molecule has 0 spiro atoms. The van der Waals surface area contributed by atoms with Crippen LogP contribution in [-0.4, -0.2) is 54.0 Å². The number of ether oxygens (including phenoxy) is 2. The van der Waals surface area contributed by atoms with Crippen molar-refractivity contribution in [2.24, 2.45) is 0 Å². The monoisotopic (exact) mass is 916 g/mol. The Morgan fingerprint density at radius 1 is 1.00 bits per heavy atom. The molecular formula is C14H7F3I4O9S. The van der Waals surface area contributed by atoms with Crippen molar-refractivity contribution in [2.45, 2.75) is 12.3 Å². The van der Waals surface area contributed by atoms with Gasteiger partial charge in [0.25, 0.3) is 10.1 Å². The van der Waals surface area contributed by atoms with Gasteiger partial charge in [0, 0.05) is 14.3 Å². The van der Waals surface area contributed by atoms with E-state index in [4.69, 9.17) is 4.55 Å². The van der Waals surface area contributed by atoms with Crippen LogP contribution in [0, 0.1) is 14.3 Å². The van der Waals surface area contributed by atoms with E-state index in [1.165, 1.54) is 0 Å². The van der Waals surface area contributed by atoms with Gasteiger partial charge in [0.1, 0.15) is 12.0 Å². The van der Waals surface area contributed by atoms with Crippen LogP contribution in [0.1, 0.15) is 20.7 Å². The van der Waals surface area contributed by atoms with Gasteiger partial charge in [-0.25, -0.2) is 14.4 Å². The molecular weight excluding hydrogens is 909 g/mol. The van der Waals surface area contributed by atoms with Gasteiger partial charge in [-0.2, -0.15) is 21.6 Å². The highest BCUT2D eigenvalue weighted by Gasteiger charge is 2.45. The summed E-state index contributed by atoms with van der Waals surface area (Å²) in [7, 11) is -5.12. The smallest absolute Gasteiger partial charge is 0.426 e. The molecule has 0 heterocycles. The second kappa shape index (κ2) is 11.4. The number of carbonyl (C=O) groups is 3. The molecule has 0 amide bonds. The van der Waals surface area contributed by atoms with Crippen molar-refractivity contribution in [3.63, 3.8) is 0 Å². The molecule has 0 fully saturated rings. The van der Waals surface area contributed by atoms with Gasteiger partial charge >= 0.3 is 24.1 Å². The van der Waals surface area contributed by atoms with Crippen LogP contribution in [0.15, 0.2) is 12.3 Å². The number of carbonyl (C=O) groups excluding carboxylic acids is 2. The number of rotatable bonds is 7. The first kappa shape index (κ1) is 29.0. The molecule has 0 aliphatic carbocycles. The summed E-state index contributed by atoms with van der Waals surface area (Å²) in [6.07, 6.45) is -7.83. The standard InChI is InChI=1S/C14H7F3I4O9S/c15-14(16,17)4(3-31(26,27)28)30-5(22)1-2-29-13(25)7-6(12(23)24)8(18)10(20)11(21)9(7)19/h1-2,4H,3H2,(H,23,24)(H,26,27,28)/b2-1+. The fourth-order valence-corrected chi connectivity index (χ4v) is 6.08. The Kier molecular flexibility index (Phi) is 10.7. The Morgan fingerprint density at radius 2 is 1.48 bits per heavy atom. The molecule has 1 aromatic rings. The quantitative estimate of drug-likeness (QED) is 0.0794. The van der Waals surface area contributed by atoms with Crippen LogP contribution < -0.4 is 0 Å². The maximum absolute atomic E-state index is 12.7. The third kappa shape index (κ3) is 8.37. The Balaban J connectivity index is 3.08. The molecule has 0 saturated carbocycles. The largest absolute Gasteiger partial charge is 0.478 e. The first-order chi connectivity index (χ1) is 14.0. The summed E-state index contributed by atoms with van der Waals surface area (Å²) in [4.78, 5) is 35.5. The van der Waals surface area contributed by atoms with Crippen LogP contribution in [0.25, 0.3) is 0 Å². The maximum atomic E-state index is 12.7. The van der Waals surface area contributed by atoms with Crippen LogP contribution in [0.4, 0.5) is 13.2 Å². The number of esters is 2. The summed E-state index contributed by atoms with van der Waals surface area (Å²) in [5.74, 6) is -6.28. The van der Waals surface area contributed by atoms with E-state index in [0.717, 1.165) is 0 Å². The number of carboxylic acid groups (broad SMARTS) is 1. The van der Waals surface area contributed by atoms with Gasteiger partial charge in [-0.3, -0.25) is 4.55 Å². The number of benzene rings is 1. The van der Waals surface area contributed by atoms with E-state index in [2.05, 4.69) is 9.47 Å². The minimum atomic E-state index is -5.29. The van der Waals surface area contributed by atoms with Crippen LogP contribution in [0.5, 0.6) is 0 Å². The molecule has 1 rings (SSSR count). The molecule has 1 aromatic carbocycles. The van der Waals surface area contributed by atoms with E-state index in [-0.39, 0.29) is 24.3 Å². The van der Waals surface area contributed by atoms with Gasteiger partial charge in [-0.15, -0.1) is 0 Å². The molecule has 0 aromatic heterocycles. The highest BCUT2D eigenvalue weighted by Crippen LogP contribution is 2.33. The Labute approximate surface area is 226 Å². The van der Waals surface area contributed by atoms with Crippen LogP contribution >= 0.6 is 90.4 Å². The van der Waals surface area contributed by atoms with Gasteiger partial charge in [-0.05, 0) is 90.4 Å². The summed E-state index contributed by atoms with van der Waals surface area (Å²) in [6.45, 7) is 0. The van der Waals surface area contributed by atoms with Gasteiger partial charge in [0.2, 0.25) is 6.10 Å². The molecule has 31 heavy (non-hydrogen) atoms. The normalized spacial score (nSPS) is 13.2. The SMILES string of the molecule is O=C(/C=C/OC(=O)c1c(I)c(I)c(I)c(I)c1C(=O)O)OC(CS(=O)(=O)O)C(F)(F)F. The number of aromatic carboxylic acids is 1. The summed E-state index contributed by atoms with van der Waals surface area (Å²) in [6, 6.07) is 0. The lowest BCUT2D eigenvalue weighted by molar-refractivity contribution is -0.212. The average molecular weight is 916 g/mol. The Bertz CT molecular complexity index is 1050. The summed E-state index contributed by atoms with van der Waals surface area (Å²) in [5.41, 5.74) is -0.694. The van der Waals surface area contributed by atoms with Crippen molar-refractivity contribution >= 4 is 118 Å². The lowest BCUT2D eigenvalue weighted by atomic mass is 10.1. The highest BCUT2D eigenvalue weighted by molar-refractivity contribution is 14.1. The average Bonchev–Trinajstić information content (AvgIpc) is 2.59. The zero-order valence-corrected chi connectivity index (χ0v) is 23.7. The predicted octanol–water partition coefficient (Wildman–Crippen LogP) is 3.84. The summed E-state index contributed by atoms with van der Waals surface area (Å²) < 4.78 is 78.3. The molecule has 0 aliphatic rings. The van der Waals surface area contributed by atoms with Crippen LogP contribution in [0.3, 0.4) is 0 Å². The van der Waals surface area contributed by atoms with Crippen molar-refractivity contribution in [3.05, 3.63) is 37.7 Å². The lowest BCUT2D eigenvalue weighted by Crippen LogP contribution is -2.39. The van der Waals surface area contributed by atoms with E-state index in [9.17, 15) is 41.1 Å². The summed E-state index contributed by atoms with van der Waals surface area (Å²) >= 11 is 7.23. The molecule has 172 valence electrons. The van der Waals surface area contributed by atoms with E-state index >= 15 is 0 Å². The van der Waals surface area contributed by atoms with Gasteiger partial charge < -0.3 is 14.6 Å². The maximum Gasteiger partial charge on any atom is 0.426 e. The molecule has 2 N–H and O–H groups in total. The highest BCUT2D eigenvalue weighted by atomic mass is 127. The predicted molar refractivity (Wildman–Crippen MR) is 131 cm³/mol. The zero-order chi connectivity index (χ0) is 24.3. The minimum Gasteiger partial charge on any atom is -0.478 e. The first-order valence-corrected chi connectivity index (χ1v) is 13.1. The third-order valence-electron chi connectivity index (χ3n) is 3.05. The molecule has 17 heteroatoms. The van der Waals surface area contributed by atoms with Gasteiger partial charge in [-0.1, -0.05) is 0 Å². The van der Waals surface area contributed by atoms with Crippen LogP contribution in [-0.2, 0) is 24.4 Å². The summed E-state index contributed by atoms with van der Waals surface area (Å²) in [5, 5.41) is 9.43. The van der Waals surface area contributed by atoms with E-state index in [1.54, 1.807) is 45.2 Å². The topological polar surface area (TPSA) is 144 Å². The Hall–Kier alpha value is -0.0100. The molecule has 9 nitrogen and oxygen atoms in total. The van der Waals surface area contributed by atoms with E-state index in [1.807, 2.05) is 45.2 Å². The molecule has 0 saturated heterocycles. The van der Waals surface area contributed by atoms with Crippen molar-refractivity contribution in [3.8, 4) is 0 Å². The molecule has 1 atom stereocenters. The number of hydrogen-bond acceptors (Lipinski definition) is 7. The number of halogens is 7. The molecule has 0 bridgehead atoms. The fourth-order valence-electron chi connectivity index (χ4n) is 1.80. The number of carboxylic acids is 1. The first-order valence-electron chi connectivity index (χ1n) is 7.16. The molecule has 1 unspecified atom stereocenters. The number of hydrogen-bond donors (Lipinski definition) is 2. The van der Waals surface area contributed by atoms with Crippen molar-refractivity contribution in [2.75, 3.05) is 5.75 Å². The van der Waals surface area contributed by atoms with Gasteiger partial charge in [0.15, 0.2) is 0 Å². The van der Waals surface area contributed by atoms with Gasteiger partial charge in [0.05, 0.1) is 17.2 Å². The fraction of sp³-hybridized carbons (Fsp3) is 0.214. The van der Waals surface area contributed by atoms with Crippen molar-refractivity contribution < 1.29 is 55.1 Å². The molecule has 0 radical (unpaired) electrons. The van der Waals surface area contributed by atoms with Crippen LogP contribution in [0.2, 0.25) is 0 Å². The second-order valence-corrected chi connectivity index (χ2v) is 11.0. The van der Waals surface area contributed by atoms with Crippen molar-refractivity contribution in [1.29, 1.82) is 0 Å². The third-order valence-corrected chi connectivity index (χ3v) is 11.2. The lowest BCUT2D eigenvalue weighted by Gasteiger charge is -2.18. The van der Waals surface area contributed by atoms with Crippen molar-refractivity contribution in [1.82, 2.24) is 0 Å².